The first kappa shape index (κ1) is 66.1. The highest BCUT2D eigenvalue weighted by molar-refractivity contribution is 5.79. The summed E-state index contributed by atoms with van der Waals surface area (Å²) in [6, 6.07) is 0. The van der Waals surface area contributed by atoms with E-state index in [4.69, 9.17) is 47.4 Å². The third-order valence-corrected chi connectivity index (χ3v) is 22.7. The number of hydrogen-bond acceptors (Lipinski definition) is 27. The van der Waals surface area contributed by atoms with Gasteiger partial charge in [0, 0.05) is 11.3 Å². The highest BCUT2D eigenvalue weighted by Crippen LogP contribution is 2.76. The van der Waals surface area contributed by atoms with Crippen molar-refractivity contribution >= 4 is 5.97 Å². The Hall–Kier alpha value is -1.79. The summed E-state index contributed by atoms with van der Waals surface area (Å²) >= 11 is 0. The van der Waals surface area contributed by atoms with Crippen LogP contribution in [-0.4, -0.2) is 274 Å². The van der Waals surface area contributed by atoms with Gasteiger partial charge >= 0.3 is 5.97 Å². The van der Waals surface area contributed by atoms with Crippen molar-refractivity contribution in [2.75, 3.05) is 26.4 Å². The molecule has 0 amide bonds. The average Bonchev–Trinajstić information content (AvgIpc) is 0.681. The minimum Gasteiger partial charge on any atom is -0.432 e. The highest BCUT2D eigenvalue weighted by Gasteiger charge is 2.73. The lowest BCUT2D eigenvalue weighted by Gasteiger charge is -2.72. The second kappa shape index (κ2) is 24.0. The second-order valence-corrected chi connectivity index (χ2v) is 28.3. The summed E-state index contributed by atoms with van der Waals surface area (Å²) < 4.78 is 59.1. The van der Waals surface area contributed by atoms with E-state index in [0.717, 1.165) is 5.57 Å². The predicted molar refractivity (Wildman–Crippen MR) is 285 cm³/mol. The van der Waals surface area contributed by atoms with Crippen LogP contribution in [0.1, 0.15) is 107 Å². The number of allylic oxidation sites excluding steroid dienone is 2. The molecule has 10 aliphatic rings. The molecule has 0 bridgehead atoms. The Morgan fingerprint density at radius 2 is 1.12 bits per heavy atom. The molecule has 0 aromatic carbocycles. The molecule has 488 valence electrons. The molecule has 5 heterocycles. The van der Waals surface area contributed by atoms with Gasteiger partial charge in [-0.3, -0.25) is 4.79 Å². The van der Waals surface area contributed by atoms with Crippen molar-refractivity contribution in [1.29, 1.82) is 0 Å². The fourth-order valence-electron chi connectivity index (χ4n) is 17.7. The fourth-order valence-corrected chi connectivity index (χ4v) is 17.7. The Bertz CT molecular complexity index is 2390. The first-order chi connectivity index (χ1) is 39.7. The van der Waals surface area contributed by atoms with Crippen LogP contribution in [0.4, 0.5) is 0 Å². The quantitative estimate of drug-likeness (QED) is 0.0504. The summed E-state index contributed by atoms with van der Waals surface area (Å²) in [4.78, 5) is 15.4. The normalized spacial score (nSPS) is 56.1. The number of esters is 1. The van der Waals surface area contributed by atoms with Crippen LogP contribution in [0, 0.1) is 50.2 Å². The molecule has 0 spiro atoms. The Kier molecular flexibility index (Phi) is 18.7. The standard InChI is InChI=1S/C58H94O27/c1-22-32(65)35(68)38(71)48(78-22)82-43-29(64)20-76-47(41(43)74)81-42-23(2)79-49(40(73)37(42)70)83-44-33(66)28(63)19-77-51(44)85-52(75)58-13-11-53(3,4)15-25(58)24-9-10-31-54(5)16-27(62)46(84-50-39(72)36(69)34(67)30(18-59)80-50)55(6,21-60)45(54)26(61)17-57(31,8)56(24,7)12-14-58/h9,22-23,25-51,59-74H,10-21H2,1-8H3/t22-,23-,25?,26+,27+,28-,29+,30+,31?,32-,33-,34+,35+,36-,37-,38+,39+,40+,41+,42-,43-,44+,45?,46+,47+,48-,49-,50-,51-,54+,55-,56+,57+,58-/m0/s1. The highest BCUT2D eigenvalue weighted by atomic mass is 16.8. The van der Waals surface area contributed by atoms with E-state index in [1.807, 2.05) is 6.92 Å². The van der Waals surface area contributed by atoms with Gasteiger partial charge in [-0.2, -0.15) is 0 Å². The van der Waals surface area contributed by atoms with Crippen LogP contribution in [0.15, 0.2) is 11.6 Å². The van der Waals surface area contributed by atoms with Crippen LogP contribution < -0.4 is 0 Å². The van der Waals surface area contributed by atoms with E-state index in [1.165, 1.54) is 13.8 Å². The smallest absolute Gasteiger partial charge is 0.315 e. The van der Waals surface area contributed by atoms with Gasteiger partial charge in [0.2, 0.25) is 6.29 Å². The zero-order valence-electron chi connectivity index (χ0n) is 49.5. The van der Waals surface area contributed by atoms with Crippen LogP contribution in [0.3, 0.4) is 0 Å². The van der Waals surface area contributed by atoms with E-state index in [9.17, 15) is 81.7 Å². The van der Waals surface area contributed by atoms with E-state index in [-0.39, 0.29) is 24.2 Å². The molecule has 10 rings (SSSR count). The Balaban J connectivity index is 0.852. The van der Waals surface area contributed by atoms with Crippen molar-refractivity contribution in [2.45, 2.75) is 266 Å². The molecule has 4 saturated carbocycles. The van der Waals surface area contributed by atoms with E-state index in [1.54, 1.807) is 6.92 Å². The molecule has 0 radical (unpaired) electrons. The molecule has 27 heteroatoms. The summed E-state index contributed by atoms with van der Waals surface area (Å²) in [5.41, 5.74) is -3.85. The topological polar surface area (TPSA) is 433 Å². The van der Waals surface area contributed by atoms with Gasteiger partial charge in [0.15, 0.2) is 31.3 Å². The largest absolute Gasteiger partial charge is 0.432 e. The van der Waals surface area contributed by atoms with Crippen LogP contribution >= 0.6 is 0 Å². The van der Waals surface area contributed by atoms with E-state index >= 15 is 4.79 Å². The number of ether oxygens (including phenoxy) is 10. The van der Waals surface area contributed by atoms with Gasteiger partial charge in [0.05, 0.1) is 62.4 Å². The zero-order valence-corrected chi connectivity index (χ0v) is 49.5. The summed E-state index contributed by atoms with van der Waals surface area (Å²) in [5.74, 6) is -1.92. The Morgan fingerprint density at radius 3 is 1.78 bits per heavy atom. The molecule has 9 fully saturated rings. The lowest BCUT2D eigenvalue weighted by molar-refractivity contribution is -0.377. The number of hydrogen-bond donors (Lipinski definition) is 16. The second-order valence-electron chi connectivity index (χ2n) is 28.3. The minimum absolute atomic E-state index is 0.103. The van der Waals surface area contributed by atoms with Gasteiger partial charge in [-0.05, 0) is 98.7 Å². The summed E-state index contributed by atoms with van der Waals surface area (Å²) in [6.07, 6.45) is -35.1. The minimum atomic E-state index is -1.96. The van der Waals surface area contributed by atoms with Crippen molar-refractivity contribution in [2.24, 2.45) is 50.2 Å². The van der Waals surface area contributed by atoms with Crippen LogP contribution in [-0.2, 0) is 52.2 Å². The molecule has 0 aromatic heterocycles. The predicted octanol–water partition coefficient (Wildman–Crippen LogP) is -3.96. The first-order valence-corrected chi connectivity index (χ1v) is 30.2. The Morgan fingerprint density at radius 1 is 0.541 bits per heavy atom. The van der Waals surface area contributed by atoms with Crippen molar-refractivity contribution in [1.82, 2.24) is 0 Å². The van der Waals surface area contributed by atoms with Crippen molar-refractivity contribution in [3.63, 3.8) is 0 Å². The average molecular weight is 1220 g/mol. The number of rotatable bonds is 12. The molecule has 0 aromatic rings. The van der Waals surface area contributed by atoms with Crippen molar-refractivity contribution < 1.29 is 134 Å². The van der Waals surface area contributed by atoms with Crippen LogP contribution in [0.5, 0.6) is 0 Å². The molecule has 5 aliphatic carbocycles. The van der Waals surface area contributed by atoms with Gasteiger partial charge in [0.25, 0.3) is 0 Å². The SMILES string of the molecule is C[C@@H]1O[C@@H](O[C@@H]2[C@@H](O)[C@@H](O[C@@H]3[C@@H](O)[C@@H](O)[C@H](O[C@H]4[C@H](OC(=O)[C@]56CCC(C)(C)CC5C5=CCC7[C@@]8(C)C[C@@H](O)[C@@H](O[C@@H]9O[C@H](CO)[C@@H](O)[C@H](O)[C@H]9O)[C@@](C)(CO)C8[C@H](O)C[C@@]7(C)[C@]5(C)CC6)OC[C@H](O)[C@@H]4O)O[C@H]3C)OC[C@H]2O)[C@H](O)[C@H](O)[C@H]1O. The monoisotopic (exact) mass is 1220 g/mol. The maximum atomic E-state index is 15.4. The van der Waals surface area contributed by atoms with E-state index < -0.39 is 231 Å². The van der Waals surface area contributed by atoms with Crippen LogP contribution in [0.25, 0.3) is 0 Å². The third-order valence-electron chi connectivity index (χ3n) is 22.7. The van der Waals surface area contributed by atoms with E-state index in [2.05, 4.69) is 33.8 Å². The lowest BCUT2D eigenvalue weighted by Crippen LogP contribution is -2.72. The molecule has 5 aliphatic heterocycles. The summed E-state index contributed by atoms with van der Waals surface area (Å²) in [6.45, 7) is 13.0. The lowest BCUT2D eigenvalue weighted by atomic mass is 9.33. The maximum absolute atomic E-state index is 15.4. The zero-order chi connectivity index (χ0) is 62.2. The number of carbonyl (C=O) groups is 1. The summed E-state index contributed by atoms with van der Waals surface area (Å²) in [7, 11) is 0. The van der Waals surface area contributed by atoms with Gasteiger partial charge in [-0.15, -0.1) is 0 Å². The third kappa shape index (κ3) is 10.9. The Labute approximate surface area is 493 Å². The van der Waals surface area contributed by atoms with Crippen LogP contribution in [0.2, 0.25) is 0 Å². The molecule has 3 unspecified atom stereocenters. The first-order valence-electron chi connectivity index (χ1n) is 30.2. The molecule has 85 heavy (non-hydrogen) atoms. The van der Waals surface area contributed by atoms with Gasteiger partial charge in [-0.1, -0.05) is 53.2 Å². The van der Waals surface area contributed by atoms with Crippen molar-refractivity contribution in [3.05, 3.63) is 11.6 Å². The van der Waals surface area contributed by atoms with Gasteiger partial charge in [-0.25, -0.2) is 0 Å². The summed E-state index contributed by atoms with van der Waals surface area (Å²) in [5, 5.41) is 177. The molecule has 16 N–H and O–H groups in total. The molecule has 34 atom stereocenters. The molecular weight excluding hydrogens is 1130 g/mol. The number of carbonyl (C=O) groups excluding carboxylic acids is 1. The molecule has 27 nitrogen and oxygen atoms in total. The van der Waals surface area contributed by atoms with Gasteiger partial charge in [0.1, 0.15) is 91.6 Å². The van der Waals surface area contributed by atoms with Gasteiger partial charge < -0.3 is 129 Å². The molecule has 5 saturated heterocycles. The number of aliphatic hydroxyl groups is 16. The molecular formula is C58H94O27. The number of aliphatic hydroxyl groups excluding tert-OH is 16. The maximum Gasteiger partial charge on any atom is 0.315 e. The van der Waals surface area contributed by atoms with Crippen molar-refractivity contribution in [3.8, 4) is 0 Å². The van der Waals surface area contributed by atoms with E-state index in [0.29, 0.717) is 38.5 Å². The fraction of sp³-hybridized carbons (Fsp3) is 0.948. The number of fused-ring (bicyclic) bond motifs is 7.